The Kier molecular flexibility index (Phi) is 14.5. The fraction of sp³-hybridized carbons (Fsp3) is 0.615. The van der Waals surface area contributed by atoms with E-state index in [4.69, 9.17) is 5.73 Å². The highest BCUT2D eigenvalue weighted by Gasteiger charge is 1.86. The molecule has 0 unspecified atom stereocenters. The van der Waals surface area contributed by atoms with Crippen molar-refractivity contribution in [3.05, 3.63) is 23.3 Å². The minimum atomic E-state index is 0.819. The van der Waals surface area contributed by atoms with E-state index in [1.54, 1.807) is 6.08 Å². The van der Waals surface area contributed by atoms with Gasteiger partial charge in [-0.3, -0.25) is 4.79 Å². The number of rotatable bonds is 5. The first-order chi connectivity index (χ1) is 7.08. The smallest absolute Gasteiger partial charge is 0.142 e. The van der Waals surface area contributed by atoms with Gasteiger partial charge in [0.05, 0.1) is 0 Å². The molecule has 0 spiro atoms. The van der Waals surface area contributed by atoms with Crippen molar-refractivity contribution in [3.63, 3.8) is 0 Å². The second kappa shape index (κ2) is 13.1. The molecule has 2 nitrogen and oxygen atoms in total. The standard InChI is InChI=1S/C10H16O.C3H9N/c1-9(2)5-4-6-10(3)7-8-11;1-2-3-4/h5,7-8H,4,6H2,1-3H3;2-4H2,1H3. The van der Waals surface area contributed by atoms with Crippen molar-refractivity contribution in [1.29, 1.82) is 0 Å². The van der Waals surface area contributed by atoms with Crippen LogP contribution in [0.25, 0.3) is 0 Å². The van der Waals surface area contributed by atoms with Crippen molar-refractivity contribution >= 4 is 6.29 Å². The number of nitrogens with two attached hydrogens (primary N) is 1. The van der Waals surface area contributed by atoms with E-state index >= 15 is 0 Å². The largest absolute Gasteiger partial charge is 0.330 e. The van der Waals surface area contributed by atoms with E-state index in [0.29, 0.717) is 0 Å². The van der Waals surface area contributed by atoms with Gasteiger partial charge in [-0.25, -0.2) is 0 Å². The first-order valence-electron chi connectivity index (χ1n) is 5.52. The fourth-order valence-corrected chi connectivity index (χ4v) is 0.788. The lowest BCUT2D eigenvalue weighted by molar-refractivity contribution is -0.104. The molecule has 2 heteroatoms. The summed E-state index contributed by atoms with van der Waals surface area (Å²) in [5, 5.41) is 0. The van der Waals surface area contributed by atoms with Crippen LogP contribution in [0.2, 0.25) is 0 Å². The van der Waals surface area contributed by atoms with Gasteiger partial charge in [0.2, 0.25) is 0 Å². The van der Waals surface area contributed by atoms with Crippen molar-refractivity contribution in [1.82, 2.24) is 0 Å². The molecular weight excluding hydrogens is 186 g/mol. The molecule has 0 atom stereocenters. The van der Waals surface area contributed by atoms with Gasteiger partial charge in [0.1, 0.15) is 6.29 Å². The van der Waals surface area contributed by atoms with E-state index in [-0.39, 0.29) is 0 Å². The third-order valence-electron chi connectivity index (χ3n) is 1.73. The minimum absolute atomic E-state index is 0.819. The van der Waals surface area contributed by atoms with Crippen LogP contribution in [-0.4, -0.2) is 12.8 Å². The summed E-state index contributed by atoms with van der Waals surface area (Å²) in [6.45, 7) is 9.02. The van der Waals surface area contributed by atoms with Crippen LogP contribution < -0.4 is 5.73 Å². The number of carbonyl (C=O) groups is 1. The zero-order chi connectivity index (χ0) is 12.1. The van der Waals surface area contributed by atoms with Gasteiger partial charge in [-0.2, -0.15) is 0 Å². The highest BCUT2D eigenvalue weighted by Crippen LogP contribution is 2.05. The molecule has 0 bridgehead atoms. The molecule has 0 radical (unpaired) electrons. The van der Waals surface area contributed by atoms with Crippen molar-refractivity contribution < 1.29 is 4.79 Å². The van der Waals surface area contributed by atoms with Gasteiger partial charge in [-0.05, 0) is 52.7 Å². The van der Waals surface area contributed by atoms with Crippen LogP contribution in [0.15, 0.2) is 23.3 Å². The summed E-state index contributed by atoms with van der Waals surface area (Å²) in [4.78, 5) is 10.0. The van der Waals surface area contributed by atoms with Crippen LogP contribution in [0.3, 0.4) is 0 Å². The number of aldehydes is 1. The van der Waals surface area contributed by atoms with Gasteiger partial charge >= 0.3 is 0 Å². The Labute approximate surface area is 94.2 Å². The summed E-state index contributed by atoms with van der Waals surface area (Å²) in [5.74, 6) is 0. The normalized spacial score (nSPS) is 10.1. The van der Waals surface area contributed by atoms with Gasteiger partial charge in [-0.15, -0.1) is 0 Å². The van der Waals surface area contributed by atoms with Crippen LogP contribution in [0.4, 0.5) is 0 Å². The molecule has 0 saturated carbocycles. The van der Waals surface area contributed by atoms with Crippen molar-refractivity contribution in [2.75, 3.05) is 6.54 Å². The summed E-state index contributed by atoms with van der Waals surface area (Å²) in [7, 11) is 0. The fourth-order valence-electron chi connectivity index (χ4n) is 0.788. The lowest BCUT2D eigenvalue weighted by Gasteiger charge is -1.94. The SMILES string of the molecule is CC(C)=CCCC(C)=CC=O.CCCN. The zero-order valence-electron chi connectivity index (χ0n) is 10.5. The van der Waals surface area contributed by atoms with E-state index in [1.165, 1.54) is 5.57 Å². The van der Waals surface area contributed by atoms with E-state index in [9.17, 15) is 4.79 Å². The molecule has 0 aromatic carbocycles. The molecule has 15 heavy (non-hydrogen) atoms. The first-order valence-corrected chi connectivity index (χ1v) is 5.52. The Bertz CT molecular complexity index is 199. The number of carbonyl (C=O) groups excluding carboxylic acids is 1. The molecule has 0 heterocycles. The summed E-state index contributed by atoms with van der Waals surface area (Å²) in [6, 6.07) is 0. The minimum Gasteiger partial charge on any atom is -0.330 e. The van der Waals surface area contributed by atoms with E-state index in [1.807, 2.05) is 6.92 Å². The Balaban J connectivity index is 0. The molecular formula is C13H25NO. The molecule has 0 saturated heterocycles. The zero-order valence-corrected chi connectivity index (χ0v) is 10.5. The van der Waals surface area contributed by atoms with Crippen LogP contribution in [0, 0.1) is 0 Å². The van der Waals surface area contributed by atoms with Gasteiger partial charge in [0.25, 0.3) is 0 Å². The number of hydrogen-bond acceptors (Lipinski definition) is 2. The maximum absolute atomic E-state index is 10.0. The maximum atomic E-state index is 10.0. The van der Waals surface area contributed by atoms with Crippen molar-refractivity contribution in [2.24, 2.45) is 5.73 Å². The highest BCUT2D eigenvalue weighted by atomic mass is 16.1. The molecule has 0 amide bonds. The second-order valence-corrected chi connectivity index (χ2v) is 3.76. The van der Waals surface area contributed by atoms with Crippen LogP contribution in [-0.2, 0) is 4.79 Å². The van der Waals surface area contributed by atoms with Crippen molar-refractivity contribution in [2.45, 2.75) is 47.0 Å². The van der Waals surface area contributed by atoms with Gasteiger partial charge in [-0.1, -0.05) is 24.1 Å². The average molecular weight is 211 g/mol. The maximum Gasteiger partial charge on any atom is 0.142 e. The van der Waals surface area contributed by atoms with Gasteiger partial charge in [0, 0.05) is 0 Å². The van der Waals surface area contributed by atoms with E-state index in [2.05, 4.69) is 26.8 Å². The number of allylic oxidation sites excluding steroid dienone is 4. The monoisotopic (exact) mass is 211 g/mol. The predicted molar refractivity (Wildman–Crippen MR) is 67.8 cm³/mol. The average Bonchev–Trinajstić information content (AvgIpc) is 2.18. The van der Waals surface area contributed by atoms with Gasteiger partial charge in [0.15, 0.2) is 0 Å². The van der Waals surface area contributed by atoms with Crippen molar-refractivity contribution in [3.8, 4) is 0 Å². The summed E-state index contributed by atoms with van der Waals surface area (Å²) >= 11 is 0. The Morgan fingerprint density at radius 1 is 1.27 bits per heavy atom. The van der Waals surface area contributed by atoms with E-state index in [0.717, 1.165) is 37.7 Å². The molecule has 2 N–H and O–H groups in total. The van der Waals surface area contributed by atoms with Crippen LogP contribution >= 0.6 is 0 Å². The van der Waals surface area contributed by atoms with E-state index < -0.39 is 0 Å². The lowest BCUT2D eigenvalue weighted by atomic mass is 10.1. The molecule has 0 aliphatic heterocycles. The third kappa shape index (κ3) is 19.5. The van der Waals surface area contributed by atoms with Gasteiger partial charge < -0.3 is 5.73 Å². The first kappa shape index (κ1) is 16.5. The molecule has 0 aromatic heterocycles. The number of hydrogen-bond donors (Lipinski definition) is 1. The molecule has 0 aliphatic rings. The topological polar surface area (TPSA) is 43.1 Å². The Hall–Kier alpha value is -0.890. The van der Waals surface area contributed by atoms with Crippen LogP contribution in [0.1, 0.15) is 47.0 Å². The summed E-state index contributed by atoms with van der Waals surface area (Å²) < 4.78 is 0. The lowest BCUT2D eigenvalue weighted by Crippen LogP contribution is -1.93. The molecule has 88 valence electrons. The second-order valence-electron chi connectivity index (χ2n) is 3.76. The summed E-state index contributed by atoms with van der Waals surface area (Å²) in [5.41, 5.74) is 7.52. The quantitative estimate of drug-likeness (QED) is 0.431. The molecule has 0 aliphatic carbocycles. The predicted octanol–water partition coefficient (Wildman–Crippen LogP) is 3.23. The third-order valence-corrected chi connectivity index (χ3v) is 1.73. The Morgan fingerprint density at radius 3 is 2.13 bits per heavy atom. The molecule has 0 aromatic rings. The molecule has 0 fully saturated rings. The summed E-state index contributed by atoms with van der Waals surface area (Å²) in [6.07, 6.45) is 7.78. The van der Waals surface area contributed by atoms with Crippen LogP contribution in [0.5, 0.6) is 0 Å². The molecule has 0 rings (SSSR count). The highest BCUT2D eigenvalue weighted by molar-refractivity contribution is 5.65. The Morgan fingerprint density at radius 2 is 1.80 bits per heavy atom.